The monoisotopic (exact) mass is 327 g/mol. The highest BCUT2D eigenvalue weighted by Crippen LogP contribution is 2.40. The number of hydrogen-bond acceptors (Lipinski definition) is 4. The van der Waals surface area contributed by atoms with Gasteiger partial charge in [0.25, 0.3) is 0 Å². The number of pyridine rings is 1. The minimum Gasteiger partial charge on any atom is -0.492 e. The van der Waals surface area contributed by atoms with Crippen molar-refractivity contribution < 1.29 is 19.4 Å². The van der Waals surface area contributed by atoms with Crippen LogP contribution in [0.3, 0.4) is 0 Å². The van der Waals surface area contributed by atoms with Crippen molar-refractivity contribution in [3.05, 3.63) is 53.7 Å². The van der Waals surface area contributed by atoms with Crippen molar-refractivity contribution >= 4 is 5.97 Å². The van der Waals surface area contributed by atoms with Crippen LogP contribution in [0.15, 0.2) is 42.6 Å². The van der Waals surface area contributed by atoms with E-state index in [1.807, 2.05) is 43.3 Å². The van der Waals surface area contributed by atoms with Gasteiger partial charge in [-0.1, -0.05) is 37.3 Å². The number of aromatic nitrogens is 1. The van der Waals surface area contributed by atoms with Crippen molar-refractivity contribution in [1.29, 1.82) is 0 Å². The first-order chi connectivity index (χ1) is 11.7. The number of hydrogen-bond donors (Lipinski definition) is 1. The molecule has 0 bridgehead atoms. The molecule has 1 N–H and O–H groups in total. The lowest BCUT2D eigenvalue weighted by atomic mass is 9.81. The summed E-state index contributed by atoms with van der Waals surface area (Å²) in [6.07, 6.45) is 2.91. The molecule has 0 saturated heterocycles. The molecule has 0 aliphatic carbocycles. The molecule has 0 radical (unpaired) electrons. The lowest BCUT2D eigenvalue weighted by Crippen LogP contribution is -2.26. The van der Waals surface area contributed by atoms with E-state index in [9.17, 15) is 9.90 Å². The molecule has 1 aromatic heterocycles. The Morgan fingerprint density at radius 2 is 2.21 bits per heavy atom. The Bertz CT molecular complexity index is 702. The smallest absolute Gasteiger partial charge is 0.307 e. The van der Waals surface area contributed by atoms with Crippen LogP contribution < -0.4 is 9.47 Å². The largest absolute Gasteiger partial charge is 0.492 e. The molecule has 0 spiro atoms. The first-order valence-electron chi connectivity index (χ1n) is 8.21. The third-order valence-corrected chi connectivity index (χ3v) is 4.43. The molecule has 2 aromatic rings. The molecule has 0 amide bonds. The Kier molecular flexibility index (Phi) is 4.99. The van der Waals surface area contributed by atoms with Crippen molar-refractivity contribution in [1.82, 2.24) is 4.98 Å². The Balaban J connectivity index is 1.81. The molecule has 2 atom stereocenters. The van der Waals surface area contributed by atoms with E-state index in [0.29, 0.717) is 37.7 Å². The number of benzene rings is 1. The summed E-state index contributed by atoms with van der Waals surface area (Å²) >= 11 is 0. The van der Waals surface area contributed by atoms with E-state index in [1.54, 1.807) is 6.20 Å². The molecule has 0 saturated carbocycles. The highest BCUT2D eigenvalue weighted by molar-refractivity contribution is 5.71. The van der Waals surface area contributed by atoms with Crippen LogP contribution in [0.2, 0.25) is 0 Å². The SMILES string of the molecule is CCC(C(=O)O)C1CCOc2cnc(OCc3ccccc3)cc21. The first-order valence-corrected chi connectivity index (χ1v) is 8.21. The van der Waals surface area contributed by atoms with Crippen LogP contribution >= 0.6 is 0 Å². The molecule has 24 heavy (non-hydrogen) atoms. The normalized spacial score (nSPS) is 17.5. The number of fused-ring (bicyclic) bond motifs is 1. The Labute approximate surface area is 141 Å². The summed E-state index contributed by atoms with van der Waals surface area (Å²) in [5.41, 5.74) is 1.94. The molecule has 2 heterocycles. The lowest BCUT2D eigenvalue weighted by Gasteiger charge is -2.29. The number of nitrogens with zero attached hydrogens (tertiary/aromatic N) is 1. The van der Waals surface area contributed by atoms with Crippen LogP contribution in [-0.4, -0.2) is 22.7 Å². The van der Waals surface area contributed by atoms with Gasteiger partial charge in [0.2, 0.25) is 5.88 Å². The fourth-order valence-electron chi connectivity index (χ4n) is 3.16. The lowest BCUT2D eigenvalue weighted by molar-refractivity contribution is -0.142. The Morgan fingerprint density at radius 3 is 2.92 bits per heavy atom. The molecule has 126 valence electrons. The van der Waals surface area contributed by atoms with E-state index in [-0.39, 0.29) is 5.92 Å². The van der Waals surface area contributed by atoms with Gasteiger partial charge in [0.1, 0.15) is 12.4 Å². The maximum Gasteiger partial charge on any atom is 0.307 e. The summed E-state index contributed by atoms with van der Waals surface area (Å²) in [6.45, 7) is 2.85. The predicted octanol–water partition coefficient (Wildman–Crippen LogP) is 3.64. The van der Waals surface area contributed by atoms with Crippen LogP contribution in [-0.2, 0) is 11.4 Å². The zero-order chi connectivity index (χ0) is 16.9. The molecular weight excluding hydrogens is 306 g/mol. The second-order valence-electron chi connectivity index (χ2n) is 5.93. The summed E-state index contributed by atoms with van der Waals surface area (Å²) in [7, 11) is 0. The van der Waals surface area contributed by atoms with E-state index >= 15 is 0 Å². The van der Waals surface area contributed by atoms with Gasteiger partial charge in [-0.3, -0.25) is 4.79 Å². The van der Waals surface area contributed by atoms with E-state index in [4.69, 9.17) is 9.47 Å². The van der Waals surface area contributed by atoms with Gasteiger partial charge in [0.15, 0.2) is 0 Å². The molecule has 1 aliphatic heterocycles. The molecular formula is C19H21NO4. The van der Waals surface area contributed by atoms with E-state index in [1.165, 1.54) is 0 Å². The number of carbonyl (C=O) groups is 1. The fourth-order valence-corrected chi connectivity index (χ4v) is 3.16. The summed E-state index contributed by atoms with van der Waals surface area (Å²) in [6, 6.07) is 11.7. The average molecular weight is 327 g/mol. The van der Waals surface area contributed by atoms with Gasteiger partial charge in [0.05, 0.1) is 18.7 Å². The summed E-state index contributed by atoms with van der Waals surface area (Å²) in [5, 5.41) is 9.48. The molecule has 1 aliphatic rings. The third-order valence-electron chi connectivity index (χ3n) is 4.43. The number of aliphatic carboxylic acids is 1. The minimum absolute atomic E-state index is 0.0710. The number of ether oxygens (including phenoxy) is 2. The van der Waals surface area contributed by atoms with E-state index < -0.39 is 11.9 Å². The van der Waals surface area contributed by atoms with E-state index in [0.717, 1.165) is 11.1 Å². The molecule has 0 fully saturated rings. The maximum absolute atomic E-state index is 11.5. The molecule has 2 unspecified atom stereocenters. The molecule has 5 heteroatoms. The second-order valence-corrected chi connectivity index (χ2v) is 5.93. The van der Waals surface area contributed by atoms with Gasteiger partial charge in [-0.25, -0.2) is 4.98 Å². The first kappa shape index (κ1) is 16.3. The van der Waals surface area contributed by atoms with Gasteiger partial charge < -0.3 is 14.6 Å². The van der Waals surface area contributed by atoms with E-state index in [2.05, 4.69) is 4.98 Å². The second kappa shape index (κ2) is 7.34. The highest BCUT2D eigenvalue weighted by Gasteiger charge is 2.33. The highest BCUT2D eigenvalue weighted by atomic mass is 16.5. The maximum atomic E-state index is 11.5. The molecule has 3 rings (SSSR count). The quantitative estimate of drug-likeness (QED) is 0.877. The van der Waals surface area contributed by atoms with Crippen LogP contribution in [0, 0.1) is 5.92 Å². The van der Waals surface area contributed by atoms with Gasteiger partial charge in [0, 0.05) is 17.5 Å². The van der Waals surface area contributed by atoms with Gasteiger partial charge in [-0.15, -0.1) is 0 Å². The Hall–Kier alpha value is -2.56. The zero-order valence-corrected chi connectivity index (χ0v) is 13.6. The Morgan fingerprint density at radius 1 is 1.42 bits per heavy atom. The summed E-state index contributed by atoms with van der Waals surface area (Å²) < 4.78 is 11.4. The van der Waals surface area contributed by atoms with Gasteiger partial charge in [-0.05, 0) is 18.4 Å². The fraction of sp³-hybridized carbons (Fsp3) is 0.368. The number of carboxylic acids is 1. The third kappa shape index (κ3) is 3.50. The summed E-state index contributed by atoms with van der Waals surface area (Å²) in [4.78, 5) is 15.8. The molecule has 5 nitrogen and oxygen atoms in total. The summed E-state index contributed by atoms with van der Waals surface area (Å²) in [5.74, 6) is -0.0966. The van der Waals surface area contributed by atoms with Gasteiger partial charge in [-0.2, -0.15) is 0 Å². The van der Waals surface area contributed by atoms with Crippen LogP contribution in [0.25, 0.3) is 0 Å². The van der Waals surface area contributed by atoms with Crippen LogP contribution in [0.1, 0.15) is 36.8 Å². The van der Waals surface area contributed by atoms with Gasteiger partial charge >= 0.3 is 5.97 Å². The van der Waals surface area contributed by atoms with Crippen LogP contribution in [0.5, 0.6) is 11.6 Å². The van der Waals surface area contributed by atoms with Crippen molar-refractivity contribution in [2.45, 2.75) is 32.3 Å². The average Bonchev–Trinajstić information content (AvgIpc) is 2.61. The standard InChI is InChI=1S/C19H21NO4/c1-2-14(19(21)22)15-8-9-23-17-11-20-18(10-16(15)17)24-12-13-6-4-3-5-7-13/h3-7,10-11,14-15H,2,8-9,12H2,1H3,(H,21,22). The zero-order valence-electron chi connectivity index (χ0n) is 13.6. The number of rotatable bonds is 6. The molecule has 1 aromatic carbocycles. The van der Waals surface area contributed by atoms with Crippen molar-refractivity contribution in [2.24, 2.45) is 5.92 Å². The number of carboxylic acid groups (broad SMARTS) is 1. The topological polar surface area (TPSA) is 68.7 Å². The van der Waals surface area contributed by atoms with Crippen molar-refractivity contribution in [2.75, 3.05) is 6.61 Å². The predicted molar refractivity (Wildman–Crippen MR) is 89.3 cm³/mol. The van der Waals surface area contributed by atoms with Crippen molar-refractivity contribution in [3.63, 3.8) is 0 Å². The minimum atomic E-state index is -0.765. The van der Waals surface area contributed by atoms with Crippen LogP contribution in [0.4, 0.5) is 0 Å². The van der Waals surface area contributed by atoms with Crippen molar-refractivity contribution in [3.8, 4) is 11.6 Å².